The highest BCUT2D eigenvalue weighted by molar-refractivity contribution is 7.98. The maximum atomic E-state index is 10.7. The second-order valence-corrected chi connectivity index (χ2v) is 3.98. The fourth-order valence-corrected chi connectivity index (χ4v) is 1.80. The predicted octanol–water partition coefficient (Wildman–Crippen LogP) is 1.97. The van der Waals surface area contributed by atoms with E-state index in [1.165, 1.54) is 10.5 Å². The topological polar surface area (TPSA) is 29.1 Å². The molecule has 1 amide bonds. The molecule has 1 unspecified atom stereocenters. The molecule has 1 N–H and O–H groups in total. The Balaban J connectivity index is 2.10. The summed E-state index contributed by atoms with van der Waals surface area (Å²) >= 11 is 1.73. The van der Waals surface area contributed by atoms with Crippen molar-refractivity contribution in [2.24, 2.45) is 0 Å². The molecule has 1 fully saturated rings. The number of amides is 1. The Bertz CT molecular complexity index is 312. The Morgan fingerprint density at radius 2 is 2.00 bits per heavy atom. The Kier molecular flexibility index (Phi) is 2.27. The Morgan fingerprint density at radius 3 is 2.46 bits per heavy atom. The third-order valence-corrected chi connectivity index (χ3v) is 2.99. The van der Waals surface area contributed by atoms with Crippen LogP contribution < -0.4 is 5.32 Å². The van der Waals surface area contributed by atoms with Crippen molar-refractivity contribution in [1.82, 2.24) is 5.32 Å². The summed E-state index contributed by atoms with van der Waals surface area (Å²) in [5.41, 5.74) is 1.21. The van der Waals surface area contributed by atoms with E-state index in [2.05, 4.69) is 35.8 Å². The van der Waals surface area contributed by atoms with Gasteiger partial charge in [0.15, 0.2) is 0 Å². The summed E-state index contributed by atoms with van der Waals surface area (Å²) in [4.78, 5) is 11.9. The van der Waals surface area contributed by atoms with E-state index in [9.17, 15) is 4.79 Å². The first kappa shape index (κ1) is 8.63. The first-order valence-corrected chi connectivity index (χ1v) is 5.45. The van der Waals surface area contributed by atoms with Crippen molar-refractivity contribution in [2.45, 2.75) is 17.4 Å². The molecular weight excluding hydrogens is 182 g/mol. The summed E-state index contributed by atoms with van der Waals surface area (Å²) in [6, 6.07) is 8.59. The number of β-lactam (4-membered cyclic amide) rings is 1. The minimum atomic E-state index is 0.152. The lowest BCUT2D eigenvalue weighted by Gasteiger charge is -2.27. The maximum absolute atomic E-state index is 10.7. The lowest BCUT2D eigenvalue weighted by Crippen LogP contribution is -2.41. The van der Waals surface area contributed by atoms with E-state index in [1.54, 1.807) is 11.8 Å². The second-order valence-electron chi connectivity index (χ2n) is 3.10. The summed E-state index contributed by atoms with van der Waals surface area (Å²) < 4.78 is 0. The van der Waals surface area contributed by atoms with E-state index in [0.29, 0.717) is 6.42 Å². The van der Waals surface area contributed by atoms with Gasteiger partial charge >= 0.3 is 0 Å². The van der Waals surface area contributed by atoms with Crippen LogP contribution in [0.15, 0.2) is 29.2 Å². The van der Waals surface area contributed by atoms with Gasteiger partial charge in [-0.2, -0.15) is 0 Å². The molecule has 0 aliphatic carbocycles. The molecular formula is C10H11NOS. The molecule has 1 saturated heterocycles. The van der Waals surface area contributed by atoms with Gasteiger partial charge in [0, 0.05) is 4.90 Å². The molecule has 2 rings (SSSR count). The number of hydrogen-bond acceptors (Lipinski definition) is 2. The highest BCUT2D eigenvalue weighted by Gasteiger charge is 2.26. The number of carbonyl (C=O) groups is 1. The van der Waals surface area contributed by atoms with Gasteiger partial charge in [0.1, 0.15) is 0 Å². The lowest BCUT2D eigenvalue weighted by atomic mass is 9.97. The van der Waals surface area contributed by atoms with Gasteiger partial charge in [-0.15, -0.1) is 11.8 Å². The lowest BCUT2D eigenvalue weighted by molar-refractivity contribution is -0.128. The van der Waals surface area contributed by atoms with Gasteiger partial charge in [-0.05, 0) is 24.0 Å². The van der Waals surface area contributed by atoms with Gasteiger partial charge in [0.05, 0.1) is 12.5 Å². The van der Waals surface area contributed by atoms with Crippen molar-refractivity contribution in [3.63, 3.8) is 0 Å². The van der Waals surface area contributed by atoms with Crippen LogP contribution in [-0.4, -0.2) is 12.2 Å². The molecule has 13 heavy (non-hydrogen) atoms. The molecule has 1 aromatic rings. The van der Waals surface area contributed by atoms with Crippen molar-refractivity contribution >= 4 is 17.7 Å². The van der Waals surface area contributed by atoms with E-state index in [0.717, 1.165) is 0 Å². The smallest absolute Gasteiger partial charge is 0.222 e. The molecule has 0 spiro atoms. The van der Waals surface area contributed by atoms with Crippen LogP contribution in [0.1, 0.15) is 18.0 Å². The van der Waals surface area contributed by atoms with Crippen molar-refractivity contribution in [2.75, 3.05) is 6.26 Å². The number of rotatable bonds is 2. The van der Waals surface area contributed by atoms with E-state index >= 15 is 0 Å². The monoisotopic (exact) mass is 193 g/mol. The van der Waals surface area contributed by atoms with E-state index in [1.807, 2.05) is 0 Å². The summed E-state index contributed by atoms with van der Waals surface area (Å²) in [5, 5.41) is 2.85. The molecule has 1 aromatic carbocycles. The molecule has 1 aliphatic heterocycles. The standard InChI is InChI=1S/C10H11NOS/c1-13-8-4-2-7(3-5-8)9-6-10(12)11-9/h2-5,9H,6H2,1H3,(H,11,12). The average molecular weight is 193 g/mol. The minimum absolute atomic E-state index is 0.152. The highest BCUT2D eigenvalue weighted by Crippen LogP contribution is 2.25. The molecule has 0 aromatic heterocycles. The predicted molar refractivity (Wildman–Crippen MR) is 53.7 cm³/mol. The van der Waals surface area contributed by atoms with E-state index in [-0.39, 0.29) is 11.9 Å². The van der Waals surface area contributed by atoms with Crippen molar-refractivity contribution in [3.8, 4) is 0 Å². The zero-order valence-corrected chi connectivity index (χ0v) is 8.23. The first-order valence-electron chi connectivity index (χ1n) is 4.23. The normalized spacial score (nSPS) is 20.7. The SMILES string of the molecule is CSc1ccc(C2CC(=O)N2)cc1. The average Bonchev–Trinajstić information content (AvgIpc) is 2.13. The minimum Gasteiger partial charge on any atom is -0.349 e. The van der Waals surface area contributed by atoms with Gasteiger partial charge in [0.25, 0.3) is 0 Å². The van der Waals surface area contributed by atoms with Crippen LogP contribution in [0.25, 0.3) is 0 Å². The molecule has 1 atom stereocenters. The molecule has 0 bridgehead atoms. The quantitative estimate of drug-likeness (QED) is 0.574. The summed E-state index contributed by atoms with van der Waals surface area (Å²) in [6.07, 6.45) is 2.69. The zero-order valence-electron chi connectivity index (χ0n) is 7.41. The van der Waals surface area contributed by atoms with Gasteiger partial charge in [-0.3, -0.25) is 4.79 Å². The first-order chi connectivity index (χ1) is 6.29. The summed E-state index contributed by atoms with van der Waals surface area (Å²) in [6.45, 7) is 0. The third kappa shape index (κ3) is 1.70. The molecule has 3 heteroatoms. The maximum Gasteiger partial charge on any atom is 0.222 e. The number of carbonyl (C=O) groups excluding carboxylic acids is 1. The van der Waals surface area contributed by atoms with Crippen LogP contribution >= 0.6 is 11.8 Å². The number of benzene rings is 1. The zero-order chi connectivity index (χ0) is 9.26. The van der Waals surface area contributed by atoms with Crippen molar-refractivity contribution in [3.05, 3.63) is 29.8 Å². The van der Waals surface area contributed by atoms with Crippen molar-refractivity contribution in [1.29, 1.82) is 0 Å². The van der Waals surface area contributed by atoms with Crippen LogP contribution in [0.2, 0.25) is 0 Å². The van der Waals surface area contributed by atoms with E-state index < -0.39 is 0 Å². The highest BCUT2D eigenvalue weighted by atomic mass is 32.2. The van der Waals surface area contributed by atoms with Crippen molar-refractivity contribution < 1.29 is 4.79 Å². The van der Waals surface area contributed by atoms with Crippen LogP contribution in [0.3, 0.4) is 0 Å². The fraction of sp³-hybridized carbons (Fsp3) is 0.300. The van der Waals surface area contributed by atoms with Gasteiger partial charge in [-0.1, -0.05) is 12.1 Å². The number of thioether (sulfide) groups is 1. The van der Waals surface area contributed by atoms with Crippen LogP contribution in [0, 0.1) is 0 Å². The van der Waals surface area contributed by atoms with Gasteiger partial charge in [-0.25, -0.2) is 0 Å². The fourth-order valence-electron chi connectivity index (χ4n) is 1.40. The molecule has 0 radical (unpaired) electrons. The third-order valence-electron chi connectivity index (χ3n) is 2.24. The Hall–Kier alpha value is -0.960. The molecule has 2 nitrogen and oxygen atoms in total. The van der Waals surface area contributed by atoms with E-state index in [4.69, 9.17) is 0 Å². The number of nitrogens with one attached hydrogen (secondary N) is 1. The van der Waals surface area contributed by atoms with Crippen LogP contribution in [-0.2, 0) is 4.79 Å². The number of hydrogen-bond donors (Lipinski definition) is 1. The largest absolute Gasteiger partial charge is 0.349 e. The van der Waals surface area contributed by atoms with Crippen LogP contribution in [0.5, 0.6) is 0 Å². The van der Waals surface area contributed by atoms with Crippen LogP contribution in [0.4, 0.5) is 0 Å². The summed E-state index contributed by atoms with van der Waals surface area (Å²) in [7, 11) is 0. The molecule has 1 aliphatic rings. The Labute approximate surface area is 81.7 Å². The Morgan fingerprint density at radius 1 is 1.38 bits per heavy atom. The second kappa shape index (κ2) is 3.42. The van der Waals surface area contributed by atoms with Gasteiger partial charge in [0.2, 0.25) is 5.91 Å². The summed E-state index contributed by atoms with van der Waals surface area (Å²) in [5.74, 6) is 0.152. The molecule has 0 saturated carbocycles. The molecule has 68 valence electrons. The van der Waals surface area contributed by atoms with Gasteiger partial charge < -0.3 is 5.32 Å². The molecule has 1 heterocycles.